The summed E-state index contributed by atoms with van der Waals surface area (Å²) in [5.74, 6) is -0.241. The minimum atomic E-state index is -0.335. The molecule has 0 amide bonds. The van der Waals surface area contributed by atoms with Gasteiger partial charge in [-0.3, -0.25) is 14.2 Å². The number of allylic oxidation sites excluding steroid dienone is 1. The van der Waals surface area contributed by atoms with Crippen molar-refractivity contribution in [2.75, 3.05) is 12.4 Å². The molecule has 2 aromatic heterocycles. The van der Waals surface area contributed by atoms with E-state index in [1.165, 1.54) is 16.3 Å². The highest BCUT2D eigenvalue weighted by molar-refractivity contribution is 7.99. The monoisotopic (exact) mass is 383 g/mol. The van der Waals surface area contributed by atoms with Crippen LogP contribution < -0.4 is 5.56 Å². The molecule has 0 aliphatic rings. The number of carbonyl (C=O) groups excluding carboxylic acids is 1. The maximum atomic E-state index is 13.1. The Labute approximate surface area is 161 Å². The van der Waals surface area contributed by atoms with Crippen LogP contribution >= 0.6 is 11.8 Å². The Morgan fingerprint density at radius 1 is 1.33 bits per heavy atom. The quantitative estimate of drug-likeness (QED) is 0.271. The molecule has 2 heterocycles. The second-order valence-electron chi connectivity index (χ2n) is 5.91. The average molecular weight is 383 g/mol. The summed E-state index contributed by atoms with van der Waals surface area (Å²) in [6, 6.07) is 9.81. The zero-order chi connectivity index (χ0) is 19.4. The molecule has 0 radical (unpaired) electrons. The van der Waals surface area contributed by atoms with Crippen LogP contribution in [0, 0.1) is 0 Å². The topological polar surface area (TPSA) is 66.1 Å². The van der Waals surface area contributed by atoms with Crippen molar-refractivity contribution < 1.29 is 9.53 Å². The molecule has 6 nitrogen and oxygen atoms in total. The highest BCUT2D eigenvalue weighted by Crippen LogP contribution is 2.29. The Morgan fingerprint density at radius 3 is 2.74 bits per heavy atom. The lowest BCUT2D eigenvalue weighted by Crippen LogP contribution is -2.24. The van der Waals surface area contributed by atoms with Crippen LogP contribution in [0.2, 0.25) is 0 Å². The summed E-state index contributed by atoms with van der Waals surface area (Å²) in [6.45, 7) is 6.12. The molecule has 27 heavy (non-hydrogen) atoms. The molecule has 0 N–H and O–H groups in total. The van der Waals surface area contributed by atoms with Crippen molar-refractivity contribution in [3.63, 3.8) is 0 Å². The van der Waals surface area contributed by atoms with E-state index >= 15 is 0 Å². The first-order chi connectivity index (χ1) is 13.1. The molecule has 3 aromatic rings. The first-order valence-corrected chi connectivity index (χ1v) is 9.60. The fraction of sp³-hybridized carbons (Fsp3) is 0.250. The van der Waals surface area contributed by atoms with Gasteiger partial charge in [-0.2, -0.15) is 0 Å². The van der Waals surface area contributed by atoms with E-state index in [1.54, 1.807) is 17.6 Å². The van der Waals surface area contributed by atoms with Gasteiger partial charge in [0.2, 0.25) is 0 Å². The number of carbonyl (C=O) groups is 1. The van der Waals surface area contributed by atoms with Gasteiger partial charge in [0.25, 0.3) is 5.56 Å². The van der Waals surface area contributed by atoms with Crippen molar-refractivity contribution in [2.45, 2.75) is 18.6 Å². The predicted molar refractivity (Wildman–Crippen MR) is 108 cm³/mol. The molecule has 0 aliphatic heterocycles. The standard InChI is InChI=1S/C20H21N3O3S/c1-4-11-23-19(25)18-17(21-20(23)27-13-16(24)26-5-2)15(12-22(18)3)14-9-7-6-8-10-14/h4,6-10,12H,1,5,11,13H2,2-3H3. The third-order valence-corrected chi connectivity index (χ3v) is 5.01. The van der Waals surface area contributed by atoms with Crippen LogP contribution in [0.3, 0.4) is 0 Å². The lowest BCUT2D eigenvalue weighted by atomic mass is 10.1. The third-order valence-electron chi connectivity index (χ3n) is 4.06. The Kier molecular flexibility index (Phi) is 5.81. The van der Waals surface area contributed by atoms with E-state index in [4.69, 9.17) is 9.72 Å². The number of hydrogen-bond acceptors (Lipinski definition) is 5. The van der Waals surface area contributed by atoms with E-state index in [1.807, 2.05) is 43.6 Å². The second-order valence-corrected chi connectivity index (χ2v) is 6.85. The van der Waals surface area contributed by atoms with Crippen LogP contribution in [0.4, 0.5) is 0 Å². The fourth-order valence-corrected chi connectivity index (χ4v) is 3.70. The van der Waals surface area contributed by atoms with Crippen LogP contribution in [-0.4, -0.2) is 32.4 Å². The molecular weight excluding hydrogens is 362 g/mol. The average Bonchev–Trinajstić information content (AvgIpc) is 3.00. The summed E-state index contributed by atoms with van der Waals surface area (Å²) >= 11 is 1.20. The summed E-state index contributed by atoms with van der Waals surface area (Å²) in [6.07, 6.45) is 3.55. The molecule has 0 saturated carbocycles. The smallest absolute Gasteiger partial charge is 0.316 e. The molecule has 1 aromatic carbocycles. The molecule has 3 rings (SSSR count). The van der Waals surface area contributed by atoms with Gasteiger partial charge in [0.05, 0.1) is 12.4 Å². The van der Waals surface area contributed by atoms with Gasteiger partial charge >= 0.3 is 5.97 Å². The number of aromatic nitrogens is 3. The van der Waals surface area contributed by atoms with Crippen molar-refractivity contribution >= 4 is 28.8 Å². The van der Waals surface area contributed by atoms with Crippen molar-refractivity contribution in [3.05, 3.63) is 59.5 Å². The van der Waals surface area contributed by atoms with Gasteiger partial charge in [-0.15, -0.1) is 6.58 Å². The molecule has 0 spiro atoms. The van der Waals surface area contributed by atoms with E-state index in [9.17, 15) is 9.59 Å². The van der Waals surface area contributed by atoms with Crippen LogP contribution in [0.25, 0.3) is 22.2 Å². The number of hydrogen-bond donors (Lipinski definition) is 0. The molecule has 0 bridgehead atoms. The van der Waals surface area contributed by atoms with Crippen molar-refractivity contribution in [3.8, 4) is 11.1 Å². The van der Waals surface area contributed by atoms with Gasteiger partial charge in [0, 0.05) is 25.4 Å². The van der Waals surface area contributed by atoms with Gasteiger partial charge in [-0.25, -0.2) is 4.98 Å². The second kappa shape index (κ2) is 8.26. The lowest BCUT2D eigenvalue weighted by Gasteiger charge is -2.11. The number of esters is 1. The minimum Gasteiger partial charge on any atom is -0.465 e. The Balaban J connectivity index is 2.16. The Bertz CT molecular complexity index is 1040. The first kappa shape index (κ1) is 19.0. The number of ether oxygens (including phenoxy) is 1. The van der Waals surface area contributed by atoms with Crippen LogP contribution in [-0.2, 0) is 23.1 Å². The Hall–Kier alpha value is -2.80. The highest BCUT2D eigenvalue weighted by Gasteiger charge is 2.19. The number of nitrogens with zero attached hydrogens (tertiary/aromatic N) is 3. The zero-order valence-corrected chi connectivity index (χ0v) is 16.2. The van der Waals surface area contributed by atoms with Crippen molar-refractivity contribution in [2.24, 2.45) is 7.05 Å². The maximum Gasteiger partial charge on any atom is 0.316 e. The van der Waals surface area contributed by atoms with E-state index in [0.717, 1.165) is 11.1 Å². The normalized spacial score (nSPS) is 10.9. The molecule has 0 aliphatic carbocycles. The lowest BCUT2D eigenvalue weighted by molar-refractivity contribution is -0.139. The SMILES string of the molecule is C=CCn1c(SCC(=O)OCC)nc2c(-c3ccccc3)cn(C)c2c1=O. The van der Waals surface area contributed by atoms with Gasteiger partial charge in [0.1, 0.15) is 11.0 Å². The molecule has 140 valence electrons. The van der Waals surface area contributed by atoms with E-state index < -0.39 is 0 Å². The van der Waals surface area contributed by atoms with E-state index in [0.29, 0.717) is 29.3 Å². The predicted octanol–water partition coefficient (Wildman–Crippen LogP) is 3.24. The molecule has 7 heteroatoms. The Morgan fingerprint density at radius 2 is 2.07 bits per heavy atom. The maximum absolute atomic E-state index is 13.1. The summed E-state index contributed by atoms with van der Waals surface area (Å²) in [7, 11) is 1.83. The molecular formula is C20H21N3O3S. The molecule has 0 fully saturated rings. The third kappa shape index (κ3) is 3.83. The van der Waals surface area contributed by atoms with Crippen LogP contribution in [0.15, 0.2) is 59.1 Å². The number of fused-ring (bicyclic) bond motifs is 1. The summed E-state index contributed by atoms with van der Waals surface area (Å²) in [5, 5.41) is 0.476. The van der Waals surface area contributed by atoms with Crippen LogP contribution in [0.1, 0.15) is 6.92 Å². The van der Waals surface area contributed by atoms with Crippen molar-refractivity contribution in [1.29, 1.82) is 0 Å². The number of benzene rings is 1. The highest BCUT2D eigenvalue weighted by atomic mass is 32.2. The zero-order valence-electron chi connectivity index (χ0n) is 15.3. The summed E-state index contributed by atoms with van der Waals surface area (Å²) in [5.41, 5.74) is 2.86. The van der Waals surface area contributed by atoms with Gasteiger partial charge in [-0.05, 0) is 12.5 Å². The van der Waals surface area contributed by atoms with Gasteiger partial charge in [-0.1, -0.05) is 48.2 Å². The first-order valence-electron chi connectivity index (χ1n) is 8.61. The van der Waals surface area contributed by atoms with Gasteiger partial charge < -0.3 is 9.30 Å². The summed E-state index contributed by atoms with van der Waals surface area (Å²) < 4.78 is 8.31. The molecule has 0 saturated heterocycles. The molecule has 0 unspecified atom stereocenters. The van der Waals surface area contributed by atoms with E-state index in [2.05, 4.69) is 6.58 Å². The summed E-state index contributed by atoms with van der Waals surface area (Å²) in [4.78, 5) is 29.6. The van der Waals surface area contributed by atoms with Gasteiger partial charge in [0.15, 0.2) is 5.16 Å². The van der Waals surface area contributed by atoms with Crippen molar-refractivity contribution in [1.82, 2.24) is 14.1 Å². The number of rotatable bonds is 7. The minimum absolute atomic E-state index is 0.0937. The fourth-order valence-electron chi connectivity index (χ4n) is 2.91. The molecule has 0 atom stereocenters. The number of thioether (sulfide) groups is 1. The number of aryl methyl sites for hydroxylation is 1. The van der Waals surface area contributed by atoms with E-state index in [-0.39, 0.29) is 17.3 Å². The van der Waals surface area contributed by atoms with Crippen LogP contribution in [0.5, 0.6) is 0 Å². The largest absolute Gasteiger partial charge is 0.465 e.